The van der Waals surface area contributed by atoms with Crippen LogP contribution in [0.2, 0.25) is 0 Å². The first-order chi connectivity index (χ1) is 20.8. The molecule has 1 atom stereocenters. The Balaban J connectivity index is 1.23. The van der Waals surface area contributed by atoms with E-state index in [0.29, 0.717) is 5.92 Å². The number of rotatable bonds is 4. The van der Waals surface area contributed by atoms with Crippen LogP contribution in [0, 0.1) is 0 Å². The fourth-order valence-corrected chi connectivity index (χ4v) is 7.52. The van der Waals surface area contributed by atoms with Crippen LogP contribution in [0.25, 0.3) is 45.3 Å². The van der Waals surface area contributed by atoms with Gasteiger partial charge in [-0.15, -0.1) is 0 Å². The predicted octanol–water partition coefficient (Wildman–Crippen LogP) is 10.3. The molecule has 0 aliphatic heterocycles. The van der Waals surface area contributed by atoms with Crippen molar-refractivity contribution in [2.24, 2.45) is 0 Å². The lowest BCUT2D eigenvalue weighted by Gasteiger charge is -2.25. The molecule has 0 radical (unpaired) electrons. The zero-order valence-electron chi connectivity index (χ0n) is 24.2. The van der Waals surface area contributed by atoms with E-state index >= 15 is 0 Å². The number of nitrogens with zero attached hydrogens (tertiary/aromatic N) is 2. The van der Waals surface area contributed by atoms with Crippen molar-refractivity contribution in [3.63, 3.8) is 0 Å². The minimum atomic E-state index is 0.407. The minimum absolute atomic E-state index is 0.407. The van der Waals surface area contributed by atoms with Crippen molar-refractivity contribution in [2.45, 2.75) is 63.7 Å². The summed E-state index contributed by atoms with van der Waals surface area (Å²) in [6.07, 6.45) is 30.9. The van der Waals surface area contributed by atoms with Gasteiger partial charge in [-0.2, -0.15) is 0 Å². The van der Waals surface area contributed by atoms with Crippen LogP contribution in [0.4, 0.5) is 0 Å². The molecule has 1 aromatic heterocycles. The Morgan fingerprint density at radius 3 is 2.19 bits per heavy atom. The van der Waals surface area contributed by atoms with Crippen LogP contribution >= 0.6 is 0 Å². The van der Waals surface area contributed by atoms with Gasteiger partial charge in [-0.05, 0) is 125 Å². The van der Waals surface area contributed by atoms with E-state index in [1.165, 1.54) is 49.7 Å². The van der Waals surface area contributed by atoms with E-state index in [2.05, 4.69) is 97.1 Å². The van der Waals surface area contributed by atoms with Gasteiger partial charge in [0.05, 0.1) is 5.69 Å². The second kappa shape index (κ2) is 10.8. The highest BCUT2D eigenvalue weighted by atomic mass is 14.9. The predicted molar refractivity (Wildman–Crippen MR) is 177 cm³/mol. The first kappa shape index (κ1) is 25.4. The maximum atomic E-state index is 5.14. The molecule has 4 aliphatic rings. The van der Waals surface area contributed by atoms with Gasteiger partial charge in [0.15, 0.2) is 0 Å². The van der Waals surface area contributed by atoms with Gasteiger partial charge in [0.2, 0.25) is 0 Å². The van der Waals surface area contributed by atoms with Crippen molar-refractivity contribution in [1.29, 1.82) is 0 Å². The Hall–Kier alpha value is -4.30. The molecule has 2 heteroatoms. The standard InChI is InChI=1S/C40H36N2/c1-2-12-27(13-3-1)40-41-25-24-39(42-40)37-21-11-10-19-34(37)30-15-5-4-14-29(30)28-22-23-36-33-18-7-6-16-31(33)32-17-8-9-20-35(32)38(36)26-28/h1-2,7,9-11,14-15,18-27H,3-6,8,12-13,16-17H2. The molecule has 0 N–H and O–H groups in total. The fourth-order valence-electron chi connectivity index (χ4n) is 7.52. The molecular weight excluding hydrogens is 508 g/mol. The molecule has 4 aliphatic carbocycles. The van der Waals surface area contributed by atoms with Crippen molar-refractivity contribution < 1.29 is 0 Å². The number of hydrogen-bond donors (Lipinski definition) is 0. The van der Waals surface area contributed by atoms with Crippen molar-refractivity contribution in [3.8, 4) is 11.3 Å². The molecule has 0 amide bonds. The average molecular weight is 545 g/mol. The van der Waals surface area contributed by atoms with E-state index in [-0.39, 0.29) is 0 Å². The number of aromatic nitrogens is 2. The van der Waals surface area contributed by atoms with E-state index in [1.54, 1.807) is 11.1 Å². The van der Waals surface area contributed by atoms with Gasteiger partial charge < -0.3 is 0 Å². The summed E-state index contributed by atoms with van der Waals surface area (Å²) in [4.78, 5) is 9.85. The summed E-state index contributed by atoms with van der Waals surface area (Å²) in [7, 11) is 0. The Morgan fingerprint density at radius 1 is 0.643 bits per heavy atom. The number of benzene rings is 3. The van der Waals surface area contributed by atoms with Gasteiger partial charge in [-0.1, -0.05) is 85.0 Å². The number of fused-ring (bicyclic) bond motifs is 6. The summed E-state index contributed by atoms with van der Waals surface area (Å²) in [5.74, 6) is 1.38. The smallest absolute Gasteiger partial charge is 0.132 e. The second-order valence-electron chi connectivity index (χ2n) is 12.1. The van der Waals surface area contributed by atoms with Crippen LogP contribution < -0.4 is 0 Å². The summed E-state index contributed by atoms with van der Waals surface area (Å²) in [6.45, 7) is 0. The fraction of sp³-hybridized carbons (Fsp3) is 0.250. The largest absolute Gasteiger partial charge is 0.241 e. The molecule has 42 heavy (non-hydrogen) atoms. The van der Waals surface area contributed by atoms with E-state index in [4.69, 9.17) is 9.97 Å². The Morgan fingerprint density at radius 2 is 1.40 bits per heavy atom. The summed E-state index contributed by atoms with van der Waals surface area (Å²) in [5, 5.41) is 2.79. The molecule has 4 aromatic rings. The molecule has 0 bridgehead atoms. The first-order valence-electron chi connectivity index (χ1n) is 15.8. The molecule has 0 saturated carbocycles. The first-order valence-corrected chi connectivity index (χ1v) is 15.8. The SMILES string of the molecule is C1=Cc2c(c3c(c4cc(C5=CCCC=C5c5ccccc5-c5ccnc(C6CC=CCC6)n5)ccc24)C=CCC3)CC1. The molecular formula is C40H36N2. The summed E-state index contributed by atoms with van der Waals surface area (Å²) < 4.78 is 0. The third kappa shape index (κ3) is 4.41. The topological polar surface area (TPSA) is 25.8 Å². The highest BCUT2D eigenvalue weighted by Crippen LogP contribution is 2.43. The summed E-state index contributed by atoms with van der Waals surface area (Å²) in [5.41, 5.74) is 13.5. The molecule has 0 fully saturated rings. The summed E-state index contributed by atoms with van der Waals surface area (Å²) in [6, 6.07) is 18.1. The van der Waals surface area contributed by atoms with Crippen LogP contribution in [0.3, 0.4) is 0 Å². The zero-order chi connectivity index (χ0) is 27.9. The van der Waals surface area contributed by atoms with E-state index in [0.717, 1.165) is 69.3 Å². The maximum absolute atomic E-state index is 5.14. The monoisotopic (exact) mass is 544 g/mol. The van der Waals surface area contributed by atoms with Crippen LogP contribution in [0.1, 0.15) is 90.1 Å². The van der Waals surface area contributed by atoms with Gasteiger partial charge in [0.1, 0.15) is 5.82 Å². The van der Waals surface area contributed by atoms with Gasteiger partial charge in [-0.3, -0.25) is 0 Å². The van der Waals surface area contributed by atoms with Crippen LogP contribution in [0.15, 0.2) is 91.2 Å². The normalized spacial score (nSPS) is 19.3. The second-order valence-corrected chi connectivity index (χ2v) is 12.1. The number of allylic oxidation sites excluding steroid dienone is 8. The lowest BCUT2D eigenvalue weighted by Crippen LogP contribution is -2.07. The molecule has 3 aromatic carbocycles. The molecule has 8 rings (SSSR count). The average Bonchev–Trinajstić information content (AvgIpc) is 3.09. The van der Waals surface area contributed by atoms with Crippen molar-refractivity contribution >= 4 is 34.1 Å². The van der Waals surface area contributed by atoms with Gasteiger partial charge in [0, 0.05) is 17.7 Å². The maximum Gasteiger partial charge on any atom is 0.132 e. The Kier molecular flexibility index (Phi) is 6.56. The van der Waals surface area contributed by atoms with E-state index < -0.39 is 0 Å². The Bertz CT molecular complexity index is 1860. The van der Waals surface area contributed by atoms with Gasteiger partial charge >= 0.3 is 0 Å². The highest BCUT2D eigenvalue weighted by molar-refractivity contribution is 6.10. The third-order valence-corrected chi connectivity index (χ3v) is 9.57. The zero-order valence-corrected chi connectivity index (χ0v) is 24.2. The number of hydrogen-bond acceptors (Lipinski definition) is 2. The highest BCUT2D eigenvalue weighted by Gasteiger charge is 2.23. The molecule has 0 spiro atoms. The lowest BCUT2D eigenvalue weighted by atomic mass is 9.79. The molecule has 1 unspecified atom stereocenters. The van der Waals surface area contributed by atoms with Gasteiger partial charge in [0.25, 0.3) is 0 Å². The van der Waals surface area contributed by atoms with Crippen LogP contribution in [-0.2, 0) is 12.8 Å². The van der Waals surface area contributed by atoms with Crippen molar-refractivity contribution in [1.82, 2.24) is 9.97 Å². The van der Waals surface area contributed by atoms with Crippen molar-refractivity contribution in [2.75, 3.05) is 0 Å². The molecule has 2 nitrogen and oxygen atoms in total. The molecule has 1 heterocycles. The van der Waals surface area contributed by atoms with Crippen LogP contribution in [-0.4, -0.2) is 9.97 Å². The lowest BCUT2D eigenvalue weighted by molar-refractivity contribution is 0.583. The van der Waals surface area contributed by atoms with E-state index in [9.17, 15) is 0 Å². The molecule has 0 saturated heterocycles. The van der Waals surface area contributed by atoms with Crippen LogP contribution in [0.5, 0.6) is 0 Å². The Labute approximate surface area is 248 Å². The third-order valence-electron chi connectivity index (χ3n) is 9.57. The minimum Gasteiger partial charge on any atom is -0.241 e. The van der Waals surface area contributed by atoms with E-state index in [1.807, 2.05) is 6.20 Å². The van der Waals surface area contributed by atoms with Crippen molar-refractivity contribution in [3.05, 3.63) is 130 Å². The quantitative estimate of drug-likeness (QED) is 0.239. The summed E-state index contributed by atoms with van der Waals surface area (Å²) >= 11 is 0. The van der Waals surface area contributed by atoms with Gasteiger partial charge in [-0.25, -0.2) is 9.97 Å². The molecule has 206 valence electrons.